The normalized spacial score (nSPS) is 18.7. The van der Waals surface area contributed by atoms with Crippen LogP contribution in [-0.4, -0.2) is 44.7 Å². The van der Waals surface area contributed by atoms with Gasteiger partial charge in [-0.05, 0) is 80.2 Å². The van der Waals surface area contributed by atoms with Gasteiger partial charge < -0.3 is 9.67 Å². The van der Waals surface area contributed by atoms with E-state index in [-0.39, 0.29) is 17.7 Å². The van der Waals surface area contributed by atoms with E-state index in [1.807, 2.05) is 11.9 Å². The van der Waals surface area contributed by atoms with Crippen molar-refractivity contribution in [3.8, 4) is 0 Å². The van der Waals surface area contributed by atoms with Gasteiger partial charge in [0, 0.05) is 35.6 Å². The number of anilines is 1. The smallest absolute Gasteiger partial charge is 0.323 e. The Bertz CT molecular complexity index is 1050. The Morgan fingerprint density at radius 2 is 1.79 bits per heavy atom. The molecular weight excluding hydrogens is 418 g/mol. The molecule has 0 saturated carbocycles. The molecule has 4 rings (SSSR count). The molecule has 1 aromatic carbocycles. The van der Waals surface area contributed by atoms with Crippen molar-refractivity contribution in [3.05, 3.63) is 52.3 Å². The fraction of sp³-hybridized carbons (Fsp3) is 0.538. The number of carboxylic acids is 1. The molecule has 0 radical (unpaired) electrons. The van der Waals surface area contributed by atoms with Crippen molar-refractivity contribution >= 4 is 17.4 Å². The first-order chi connectivity index (χ1) is 15.6. The number of aliphatic carboxylic acids is 1. The molecule has 0 unspecified atom stereocenters. The second-order valence-corrected chi connectivity index (χ2v) is 10.5. The first kappa shape index (κ1) is 23.5. The van der Waals surface area contributed by atoms with Crippen LogP contribution >= 0.6 is 0 Å². The summed E-state index contributed by atoms with van der Waals surface area (Å²) in [5.41, 5.74) is 4.57. The molecule has 1 aliphatic heterocycles. The summed E-state index contributed by atoms with van der Waals surface area (Å²) in [4.78, 5) is 25.1. The number of carbonyl (C=O) groups is 2. The predicted molar refractivity (Wildman–Crippen MR) is 127 cm³/mol. The monoisotopic (exact) mass is 453 g/mol. The minimum atomic E-state index is -0.903. The molecule has 2 N–H and O–H groups in total. The first-order valence-electron chi connectivity index (χ1n) is 11.9. The van der Waals surface area contributed by atoms with Gasteiger partial charge in [0.15, 0.2) is 5.78 Å². The van der Waals surface area contributed by atoms with E-state index in [2.05, 4.69) is 20.8 Å². The summed E-state index contributed by atoms with van der Waals surface area (Å²) in [5.74, 6) is -0.324. The van der Waals surface area contributed by atoms with Crippen LogP contribution in [0.15, 0.2) is 24.3 Å². The van der Waals surface area contributed by atoms with E-state index in [0.29, 0.717) is 22.7 Å². The standard InChI is InChI=1S/C26H35N3O4/c1-17-10-13-27(14-11-17)29(33)20-7-5-19(6-8-20)25(32)24-18(2)28(16-23(30)31)22-9-12-26(3,4)15-21(22)24/h5-8,17,33H,9-16H2,1-4H3,(H,30,31). The van der Waals surface area contributed by atoms with Gasteiger partial charge >= 0.3 is 5.97 Å². The van der Waals surface area contributed by atoms with E-state index in [0.717, 1.165) is 62.1 Å². The van der Waals surface area contributed by atoms with Crippen molar-refractivity contribution in [1.29, 1.82) is 0 Å². The first-order valence-corrected chi connectivity index (χ1v) is 11.9. The molecule has 178 valence electrons. The van der Waals surface area contributed by atoms with Crippen LogP contribution in [0.5, 0.6) is 0 Å². The average Bonchev–Trinajstić information content (AvgIpc) is 3.02. The zero-order valence-electron chi connectivity index (χ0n) is 20.1. The molecule has 1 aliphatic carbocycles. The number of benzene rings is 1. The van der Waals surface area contributed by atoms with E-state index in [1.54, 1.807) is 28.8 Å². The van der Waals surface area contributed by atoms with Crippen molar-refractivity contribution in [3.63, 3.8) is 0 Å². The molecule has 1 saturated heterocycles. The number of carbonyl (C=O) groups excluding carboxylic acids is 1. The number of fused-ring (bicyclic) bond motifs is 1. The third-order valence-corrected chi connectivity index (χ3v) is 7.35. The van der Waals surface area contributed by atoms with E-state index in [9.17, 15) is 19.9 Å². The van der Waals surface area contributed by atoms with Crippen LogP contribution in [0.1, 0.15) is 72.9 Å². The largest absolute Gasteiger partial charge is 0.480 e. The maximum Gasteiger partial charge on any atom is 0.323 e. The number of piperidine rings is 1. The molecule has 1 aromatic heterocycles. The maximum atomic E-state index is 13.6. The SMILES string of the molecule is Cc1c(C(=O)c2ccc(N(O)N3CCC(C)CC3)cc2)c2c(n1CC(=O)O)CCC(C)(C)C2. The lowest BCUT2D eigenvalue weighted by Crippen LogP contribution is -2.45. The van der Waals surface area contributed by atoms with E-state index >= 15 is 0 Å². The number of ketones is 1. The molecule has 2 aromatic rings. The lowest BCUT2D eigenvalue weighted by Gasteiger charge is -2.36. The van der Waals surface area contributed by atoms with Crippen LogP contribution in [0.2, 0.25) is 0 Å². The van der Waals surface area contributed by atoms with Crippen LogP contribution < -0.4 is 5.17 Å². The van der Waals surface area contributed by atoms with Crippen LogP contribution in [0, 0.1) is 18.3 Å². The second-order valence-electron chi connectivity index (χ2n) is 10.5. The van der Waals surface area contributed by atoms with Gasteiger partial charge in [-0.1, -0.05) is 20.8 Å². The highest BCUT2D eigenvalue weighted by Gasteiger charge is 2.34. The molecule has 2 aliphatic rings. The summed E-state index contributed by atoms with van der Waals surface area (Å²) >= 11 is 0. The minimum Gasteiger partial charge on any atom is -0.480 e. The third-order valence-electron chi connectivity index (χ3n) is 7.35. The number of hydrazine groups is 1. The number of aromatic nitrogens is 1. The zero-order chi connectivity index (χ0) is 23.9. The van der Waals surface area contributed by atoms with Gasteiger partial charge in [0.1, 0.15) is 6.54 Å². The molecule has 0 spiro atoms. The van der Waals surface area contributed by atoms with Crippen molar-refractivity contribution in [1.82, 2.24) is 9.58 Å². The highest BCUT2D eigenvalue weighted by atomic mass is 16.5. The summed E-state index contributed by atoms with van der Waals surface area (Å²) in [6.45, 7) is 9.94. The van der Waals surface area contributed by atoms with Crippen LogP contribution in [-0.2, 0) is 24.2 Å². The molecule has 0 bridgehead atoms. The predicted octanol–water partition coefficient (Wildman–Crippen LogP) is 4.47. The number of carboxylic acid groups (broad SMARTS) is 1. The Hall–Kier alpha value is -2.64. The van der Waals surface area contributed by atoms with Crippen molar-refractivity contribution in [2.45, 2.75) is 66.3 Å². The Morgan fingerprint density at radius 1 is 1.15 bits per heavy atom. The summed E-state index contributed by atoms with van der Waals surface area (Å²) in [7, 11) is 0. The molecule has 33 heavy (non-hydrogen) atoms. The molecule has 2 heterocycles. The van der Waals surface area contributed by atoms with Crippen LogP contribution in [0.3, 0.4) is 0 Å². The number of rotatable bonds is 6. The maximum absolute atomic E-state index is 13.6. The molecule has 0 amide bonds. The Morgan fingerprint density at radius 3 is 2.39 bits per heavy atom. The van der Waals surface area contributed by atoms with Gasteiger partial charge in [0.2, 0.25) is 0 Å². The fourth-order valence-electron chi connectivity index (χ4n) is 5.25. The highest BCUT2D eigenvalue weighted by Crippen LogP contribution is 2.39. The van der Waals surface area contributed by atoms with E-state index in [4.69, 9.17) is 0 Å². The van der Waals surface area contributed by atoms with Crippen LogP contribution in [0.25, 0.3) is 0 Å². The van der Waals surface area contributed by atoms with Gasteiger partial charge in [-0.2, -0.15) is 10.2 Å². The van der Waals surface area contributed by atoms with Gasteiger partial charge in [-0.3, -0.25) is 14.8 Å². The van der Waals surface area contributed by atoms with E-state index in [1.165, 1.54) is 5.17 Å². The summed E-state index contributed by atoms with van der Waals surface area (Å²) in [6.07, 6.45) is 4.58. The number of hydrogen-bond donors (Lipinski definition) is 2. The van der Waals surface area contributed by atoms with Gasteiger partial charge in [0.25, 0.3) is 0 Å². The summed E-state index contributed by atoms with van der Waals surface area (Å²) < 4.78 is 1.81. The van der Waals surface area contributed by atoms with Gasteiger partial charge in [-0.15, -0.1) is 0 Å². The Kier molecular flexibility index (Phi) is 6.38. The van der Waals surface area contributed by atoms with E-state index < -0.39 is 5.97 Å². The third kappa shape index (κ3) is 4.70. The molecule has 7 nitrogen and oxygen atoms in total. The lowest BCUT2D eigenvalue weighted by molar-refractivity contribution is -0.137. The molecule has 1 fully saturated rings. The summed E-state index contributed by atoms with van der Waals surface area (Å²) in [5, 5.41) is 23.2. The average molecular weight is 454 g/mol. The van der Waals surface area contributed by atoms with Crippen molar-refractivity contribution in [2.24, 2.45) is 11.3 Å². The minimum absolute atomic E-state index is 0.0665. The van der Waals surface area contributed by atoms with Crippen molar-refractivity contribution < 1.29 is 19.9 Å². The Labute approximate surface area is 195 Å². The second kappa shape index (κ2) is 8.95. The summed E-state index contributed by atoms with van der Waals surface area (Å²) in [6, 6.07) is 7.04. The molecule has 7 heteroatoms. The zero-order valence-corrected chi connectivity index (χ0v) is 20.1. The Balaban J connectivity index is 1.63. The molecule has 0 atom stereocenters. The van der Waals surface area contributed by atoms with Crippen molar-refractivity contribution in [2.75, 3.05) is 18.3 Å². The number of hydrogen-bond acceptors (Lipinski definition) is 5. The topological polar surface area (TPSA) is 86.0 Å². The fourth-order valence-corrected chi connectivity index (χ4v) is 5.25. The highest BCUT2D eigenvalue weighted by molar-refractivity contribution is 6.11. The quantitative estimate of drug-likeness (QED) is 0.496. The van der Waals surface area contributed by atoms with Gasteiger partial charge in [0.05, 0.1) is 5.69 Å². The van der Waals surface area contributed by atoms with Gasteiger partial charge in [-0.25, -0.2) is 0 Å². The molecular formula is C26H35N3O4. The van der Waals surface area contributed by atoms with Crippen LogP contribution in [0.4, 0.5) is 5.69 Å². The number of nitrogens with zero attached hydrogens (tertiary/aromatic N) is 3. The lowest BCUT2D eigenvalue weighted by atomic mass is 9.75.